The van der Waals surface area contributed by atoms with E-state index >= 15 is 0 Å². The summed E-state index contributed by atoms with van der Waals surface area (Å²) < 4.78 is 0. The standard InChI is InChI=1S/C13H18N4S/c1-10-8-17(5-4-14-10)9-11-7-15-16-13(11)12-3-2-6-18-12/h2-3,6-7,10,14H,4-5,8-9H2,1H3,(H,15,16)/t10-/m0/s1. The smallest absolute Gasteiger partial charge is 0.0794 e. The van der Waals surface area contributed by atoms with Gasteiger partial charge in [-0.25, -0.2) is 0 Å². The van der Waals surface area contributed by atoms with Crippen LogP contribution in [-0.2, 0) is 6.54 Å². The van der Waals surface area contributed by atoms with Gasteiger partial charge in [0.25, 0.3) is 0 Å². The quantitative estimate of drug-likeness (QED) is 0.888. The van der Waals surface area contributed by atoms with E-state index in [9.17, 15) is 0 Å². The van der Waals surface area contributed by atoms with E-state index in [1.165, 1.54) is 16.1 Å². The first kappa shape index (κ1) is 11.9. The maximum atomic E-state index is 4.20. The fourth-order valence-electron chi connectivity index (χ4n) is 2.46. The highest BCUT2D eigenvalue weighted by atomic mass is 32.1. The van der Waals surface area contributed by atoms with Crippen LogP contribution in [0.4, 0.5) is 0 Å². The third kappa shape index (κ3) is 2.48. The lowest BCUT2D eigenvalue weighted by Crippen LogP contribution is -2.48. The number of H-pyrrole nitrogens is 1. The van der Waals surface area contributed by atoms with Crippen molar-refractivity contribution in [2.75, 3.05) is 19.6 Å². The summed E-state index contributed by atoms with van der Waals surface area (Å²) >= 11 is 1.76. The van der Waals surface area contributed by atoms with Gasteiger partial charge in [0.2, 0.25) is 0 Å². The van der Waals surface area contributed by atoms with E-state index in [-0.39, 0.29) is 0 Å². The van der Waals surface area contributed by atoms with Gasteiger partial charge in [-0.05, 0) is 18.4 Å². The average Bonchev–Trinajstić information content (AvgIpc) is 2.98. The number of hydrogen-bond acceptors (Lipinski definition) is 4. The van der Waals surface area contributed by atoms with Crippen molar-refractivity contribution in [2.45, 2.75) is 19.5 Å². The van der Waals surface area contributed by atoms with Gasteiger partial charge in [-0.3, -0.25) is 10.00 Å². The molecule has 0 bridgehead atoms. The molecule has 0 radical (unpaired) electrons. The molecule has 1 fully saturated rings. The Morgan fingerprint density at radius 3 is 3.28 bits per heavy atom. The summed E-state index contributed by atoms with van der Waals surface area (Å²) in [4.78, 5) is 3.76. The van der Waals surface area contributed by atoms with E-state index in [0.29, 0.717) is 6.04 Å². The highest BCUT2D eigenvalue weighted by Gasteiger charge is 2.18. The Hall–Kier alpha value is -1.17. The predicted octanol–water partition coefficient (Wildman–Crippen LogP) is 1.93. The minimum atomic E-state index is 0.579. The van der Waals surface area contributed by atoms with Gasteiger partial charge in [0.05, 0.1) is 16.8 Å². The maximum absolute atomic E-state index is 4.20. The lowest BCUT2D eigenvalue weighted by molar-refractivity contribution is 0.200. The van der Waals surface area contributed by atoms with Crippen molar-refractivity contribution in [2.24, 2.45) is 0 Å². The van der Waals surface area contributed by atoms with Gasteiger partial charge in [0, 0.05) is 37.8 Å². The molecule has 0 amide bonds. The Bertz CT molecular complexity index is 491. The lowest BCUT2D eigenvalue weighted by Gasteiger charge is -2.31. The van der Waals surface area contributed by atoms with E-state index in [2.05, 4.69) is 44.9 Å². The van der Waals surface area contributed by atoms with Crippen molar-refractivity contribution >= 4 is 11.3 Å². The predicted molar refractivity (Wildman–Crippen MR) is 74.6 cm³/mol. The highest BCUT2D eigenvalue weighted by molar-refractivity contribution is 7.13. The van der Waals surface area contributed by atoms with Crippen LogP contribution in [0, 0.1) is 0 Å². The zero-order chi connectivity index (χ0) is 12.4. The second-order valence-corrected chi connectivity index (χ2v) is 5.79. The summed E-state index contributed by atoms with van der Waals surface area (Å²) in [5, 5.41) is 12.9. The average molecular weight is 262 g/mol. The van der Waals surface area contributed by atoms with Gasteiger partial charge in [-0.2, -0.15) is 5.10 Å². The molecule has 1 aliphatic rings. The maximum Gasteiger partial charge on any atom is 0.0794 e. The van der Waals surface area contributed by atoms with Crippen LogP contribution in [0.3, 0.4) is 0 Å². The molecule has 0 spiro atoms. The monoisotopic (exact) mass is 262 g/mol. The molecule has 18 heavy (non-hydrogen) atoms. The van der Waals surface area contributed by atoms with Gasteiger partial charge in [0.15, 0.2) is 0 Å². The van der Waals surface area contributed by atoms with Gasteiger partial charge < -0.3 is 5.32 Å². The number of nitrogens with one attached hydrogen (secondary N) is 2. The van der Waals surface area contributed by atoms with Crippen molar-refractivity contribution in [1.29, 1.82) is 0 Å². The van der Waals surface area contributed by atoms with E-state index in [1.807, 2.05) is 6.20 Å². The molecule has 0 aliphatic carbocycles. The first-order chi connectivity index (χ1) is 8.83. The zero-order valence-corrected chi connectivity index (χ0v) is 11.3. The molecule has 0 unspecified atom stereocenters. The first-order valence-corrected chi connectivity index (χ1v) is 7.23. The molecule has 2 aromatic heterocycles. The van der Waals surface area contributed by atoms with Gasteiger partial charge in [-0.1, -0.05) is 6.07 Å². The number of rotatable bonds is 3. The molecule has 2 aromatic rings. The van der Waals surface area contributed by atoms with Crippen LogP contribution >= 0.6 is 11.3 Å². The van der Waals surface area contributed by atoms with Crippen molar-refractivity contribution in [1.82, 2.24) is 20.4 Å². The number of piperazine rings is 1. The zero-order valence-electron chi connectivity index (χ0n) is 10.5. The molecule has 5 heteroatoms. The summed E-state index contributed by atoms with van der Waals surface area (Å²) in [5.41, 5.74) is 2.47. The Morgan fingerprint density at radius 2 is 2.50 bits per heavy atom. The second-order valence-electron chi connectivity index (χ2n) is 4.84. The Morgan fingerprint density at radius 1 is 1.56 bits per heavy atom. The number of aromatic nitrogens is 2. The summed E-state index contributed by atoms with van der Waals surface area (Å²) in [6.45, 7) is 6.51. The molecule has 1 aliphatic heterocycles. The molecule has 4 nitrogen and oxygen atoms in total. The molecule has 1 atom stereocenters. The molecule has 0 aromatic carbocycles. The summed E-state index contributed by atoms with van der Waals surface area (Å²) in [6.07, 6.45) is 1.96. The Balaban J connectivity index is 1.75. The largest absolute Gasteiger partial charge is 0.312 e. The second kappa shape index (κ2) is 5.22. The van der Waals surface area contributed by atoms with Crippen LogP contribution in [0.1, 0.15) is 12.5 Å². The van der Waals surface area contributed by atoms with E-state index in [1.54, 1.807) is 11.3 Å². The molecular formula is C13H18N4S. The summed E-state index contributed by atoms with van der Waals surface area (Å²) in [7, 11) is 0. The Kier molecular flexibility index (Phi) is 3.45. The molecule has 96 valence electrons. The fraction of sp³-hybridized carbons (Fsp3) is 0.462. The van der Waals surface area contributed by atoms with Gasteiger partial charge >= 0.3 is 0 Å². The minimum absolute atomic E-state index is 0.579. The molecule has 3 heterocycles. The van der Waals surface area contributed by atoms with Crippen LogP contribution < -0.4 is 5.32 Å². The number of thiophene rings is 1. The third-order valence-corrected chi connectivity index (χ3v) is 4.22. The summed E-state index contributed by atoms with van der Waals surface area (Å²) in [6, 6.07) is 4.80. The summed E-state index contributed by atoms with van der Waals surface area (Å²) in [5.74, 6) is 0. The topological polar surface area (TPSA) is 44.0 Å². The molecule has 3 rings (SSSR count). The first-order valence-electron chi connectivity index (χ1n) is 6.35. The SMILES string of the molecule is C[C@H]1CN(Cc2cn[nH]c2-c2cccs2)CCN1. The Labute approximate surface area is 111 Å². The van der Waals surface area contributed by atoms with Crippen molar-refractivity contribution in [3.63, 3.8) is 0 Å². The number of hydrogen-bond donors (Lipinski definition) is 2. The highest BCUT2D eigenvalue weighted by Crippen LogP contribution is 2.26. The minimum Gasteiger partial charge on any atom is -0.312 e. The number of aromatic amines is 1. The van der Waals surface area contributed by atoms with Crippen molar-refractivity contribution < 1.29 is 0 Å². The molecule has 1 saturated heterocycles. The van der Waals surface area contributed by atoms with Crippen molar-refractivity contribution in [3.8, 4) is 10.6 Å². The van der Waals surface area contributed by atoms with Gasteiger partial charge in [-0.15, -0.1) is 11.3 Å². The lowest BCUT2D eigenvalue weighted by atomic mass is 10.1. The van der Waals surface area contributed by atoms with E-state index in [0.717, 1.165) is 26.2 Å². The number of nitrogens with zero attached hydrogens (tertiary/aromatic N) is 2. The van der Waals surface area contributed by atoms with E-state index < -0.39 is 0 Å². The van der Waals surface area contributed by atoms with Crippen molar-refractivity contribution in [3.05, 3.63) is 29.3 Å². The van der Waals surface area contributed by atoms with Crippen LogP contribution in [0.15, 0.2) is 23.7 Å². The van der Waals surface area contributed by atoms with E-state index in [4.69, 9.17) is 0 Å². The molecule has 0 saturated carbocycles. The van der Waals surface area contributed by atoms with Crippen LogP contribution in [0.5, 0.6) is 0 Å². The van der Waals surface area contributed by atoms with Crippen LogP contribution in [-0.4, -0.2) is 40.8 Å². The normalized spacial score (nSPS) is 21.3. The van der Waals surface area contributed by atoms with Crippen LogP contribution in [0.25, 0.3) is 10.6 Å². The van der Waals surface area contributed by atoms with Crippen LogP contribution in [0.2, 0.25) is 0 Å². The fourth-order valence-corrected chi connectivity index (χ4v) is 3.22. The third-order valence-electron chi connectivity index (χ3n) is 3.33. The van der Waals surface area contributed by atoms with Gasteiger partial charge in [0.1, 0.15) is 0 Å². The molecule has 2 N–H and O–H groups in total. The molecular weight excluding hydrogens is 244 g/mol.